The normalized spacial score (nSPS) is 11.8. The molecule has 0 atom stereocenters. The molecule has 0 aliphatic rings. The van der Waals surface area contributed by atoms with Crippen LogP contribution in [-0.2, 0) is 20.2 Å². The third-order valence-electron chi connectivity index (χ3n) is 4.83. The van der Waals surface area contributed by atoms with E-state index in [-0.39, 0.29) is 17.2 Å². The maximum Gasteiger partial charge on any atom is 0.253 e. The van der Waals surface area contributed by atoms with Crippen LogP contribution >= 0.6 is 0 Å². The molecule has 0 saturated carbocycles. The van der Waals surface area contributed by atoms with Crippen molar-refractivity contribution in [2.45, 2.75) is 40.0 Å². The van der Waals surface area contributed by atoms with E-state index in [1.54, 1.807) is 36.4 Å². The quantitative estimate of drug-likeness (QED) is 0.628. The fourth-order valence-corrected chi connectivity index (χ4v) is 3.89. The molecule has 0 saturated heterocycles. The van der Waals surface area contributed by atoms with E-state index in [9.17, 15) is 18.0 Å². The summed E-state index contributed by atoms with van der Waals surface area (Å²) in [5, 5.41) is 5.50. The summed E-state index contributed by atoms with van der Waals surface area (Å²) in [7, 11) is -3.71. The smallest absolute Gasteiger partial charge is 0.253 e. The van der Waals surface area contributed by atoms with E-state index in [2.05, 4.69) is 31.4 Å². The number of carbonyl (C=O) groups is 2. The lowest BCUT2D eigenvalue weighted by Gasteiger charge is -2.24. The zero-order chi connectivity index (χ0) is 24.1. The molecule has 2 amide bonds. The predicted molar refractivity (Wildman–Crippen MR) is 130 cm³/mol. The minimum atomic E-state index is -3.71. The Bertz CT molecular complexity index is 1060. The Morgan fingerprint density at radius 2 is 1.59 bits per heavy atom. The van der Waals surface area contributed by atoms with Gasteiger partial charge in [-0.05, 0) is 41.2 Å². The summed E-state index contributed by atoms with van der Waals surface area (Å²) < 4.78 is 25.9. The minimum absolute atomic E-state index is 0.0777. The number of nitrogens with one attached hydrogen (secondary N) is 2. The summed E-state index contributed by atoms with van der Waals surface area (Å²) in [5.74, 6) is -0.555. The van der Waals surface area contributed by atoms with E-state index >= 15 is 0 Å². The van der Waals surface area contributed by atoms with Crippen molar-refractivity contribution >= 4 is 33.2 Å². The van der Waals surface area contributed by atoms with Gasteiger partial charge in [-0.1, -0.05) is 58.9 Å². The van der Waals surface area contributed by atoms with Crippen LogP contribution in [0.5, 0.6) is 0 Å². The Hall–Kier alpha value is -2.87. The van der Waals surface area contributed by atoms with Gasteiger partial charge < -0.3 is 10.6 Å². The highest BCUT2D eigenvalue weighted by atomic mass is 32.2. The maximum atomic E-state index is 12.8. The van der Waals surface area contributed by atoms with Gasteiger partial charge in [0, 0.05) is 6.54 Å². The SMILES string of the molecule is CC(C)CNC(=O)c1ccccc1NC(=O)CN(c1ccc(C(C)(C)C)cc1)S(C)(=O)=O. The number of benzene rings is 2. The first-order valence-electron chi connectivity index (χ1n) is 10.5. The molecule has 0 fully saturated rings. The average Bonchev–Trinajstić information content (AvgIpc) is 2.69. The van der Waals surface area contributed by atoms with Crippen LogP contribution in [-0.4, -0.2) is 39.6 Å². The molecule has 0 heterocycles. The van der Waals surface area contributed by atoms with Crippen LogP contribution in [0.3, 0.4) is 0 Å². The van der Waals surface area contributed by atoms with E-state index in [4.69, 9.17) is 0 Å². The van der Waals surface area contributed by atoms with E-state index in [1.165, 1.54) is 0 Å². The van der Waals surface area contributed by atoms with Gasteiger partial charge >= 0.3 is 0 Å². The second kappa shape index (κ2) is 10.2. The maximum absolute atomic E-state index is 12.8. The van der Waals surface area contributed by atoms with Crippen molar-refractivity contribution in [1.82, 2.24) is 5.32 Å². The van der Waals surface area contributed by atoms with Crippen LogP contribution in [0, 0.1) is 5.92 Å². The van der Waals surface area contributed by atoms with Gasteiger partial charge in [0.25, 0.3) is 5.91 Å². The van der Waals surface area contributed by atoms with E-state index in [1.807, 2.05) is 26.0 Å². The Kier molecular flexibility index (Phi) is 8.07. The lowest BCUT2D eigenvalue weighted by molar-refractivity contribution is -0.114. The molecule has 2 aromatic rings. The summed E-state index contributed by atoms with van der Waals surface area (Å²) in [5.41, 5.74) is 2.03. The first kappa shape index (κ1) is 25.4. The summed E-state index contributed by atoms with van der Waals surface area (Å²) in [6.07, 6.45) is 1.06. The van der Waals surface area contributed by atoms with Crippen LogP contribution < -0.4 is 14.9 Å². The number of amides is 2. The lowest BCUT2D eigenvalue weighted by Crippen LogP contribution is -2.38. The van der Waals surface area contributed by atoms with Crippen molar-refractivity contribution in [2.75, 3.05) is 29.0 Å². The first-order chi connectivity index (χ1) is 14.8. The molecule has 2 aromatic carbocycles. The van der Waals surface area contributed by atoms with Gasteiger partial charge in [0.1, 0.15) is 6.54 Å². The van der Waals surface area contributed by atoms with Crippen LogP contribution in [0.25, 0.3) is 0 Å². The van der Waals surface area contributed by atoms with Gasteiger partial charge in [-0.2, -0.15) is 0 Å². The van der Waals surface area contributed by atoms with Crippen LogP contribution in [0.4, 0.5) is 11.4 Å². The number of nitrogens with zero attached hydrogens (tertiary/aromatic N) is 1. The molecule has 0 radical (unpaired) electrons. The highest BCUT2D eigenvalue weighted by molar-refractivity contribution is 7.92. The van der Waals surface area contributed by atoms with Crippen LogP contribution in [0.2, 0.25) is 0 Å². The average molecular weight is 460 g/mol. The molecule has 0 aliphatic carbocycles. The molecule has 2 N–H and O–H groups in total. The summed E-state index contributed by atoms with van der Waals surface area (Å²) in [4.78, 5) is 25.3. The molecular weight excluding hydrogens is 426 g/mol. The van der Waals surface area contributed by atoms with Crippen molar-refractivity contribution < 1.29 is 18.0 Å². The minimum Gasteiger partial charge on any atom is -0.352 e. The predicted octanol–water partition coefficient (Wildman–Crippen LogP) is 3.77. The molecule has 0 spiro atoms. The van der Waals surface area contributed by atoms with Gasteiger partial charge in [-0.25, -0.2) is 8.42 Å². The fraction of sp³-hybridized carbons (Fsp3) is 0.417. The van der Waals surface area contributed by atoms with Crippen LogP contribution in [0.1, 0.15) is 50.5 Å². The summed E-state index contributed by atoms with van der Waals surface area (Å²) in [6.45, 7) is 10.3. The van der Waals surface area contributed by atoms with Crippen molar-refractivity contribution in [1.29, 1.82) is 0 Å². The Balaban J connectivity index is 2.22. The van der Waals surface area contributed by atoms with Crippen molar-refractivity contribution in [2.24, 2.45) is 5.92 Å². The zero-order valence-corrected chi connectivity index (χ0v) is 20.4. The topological polar surface area (TPSA) is 95.6 Å². The molecule has 8 heteroatoms. The first-order valence-corrected chi connectivity index (χ1v) is 12.4. The molecule has 7 nitrogen and oxygen atoms in total. The molecule has 0 aliphatic heterocycles. The Morgan fingerprint density at radius 3 is 2.12 bits per heavy atom. The van der Waals surface area contributed by atoms with Crippen LogP contribution in [0.15, 0.2) is 48.5 Å². The van der Waals surface area contributed by atoms with Crippen molar-refractivity contribution in [3.8, 4) is 0 Å². The number of para-hydroxylation sites is 1. The molecular formula is C24H33N3O4S. The lowest BCUT2D eigenvalue weighted by atomic mass is 9.87. The Morgan fingerprint density at radius 1 is 1.00 bits per heavy atom. The number of hydrogen-bond acceptors (Lipinski definition) is 4. The summed E-state index contributed by atoms with van der Waals surface area (Å²) >= 11 is 0. The number of anilines is 2. The second-order valence-corrected chi connectivity index (χ2v) is 11.2. The van der Waals surface area contributed by atoms with E-state index < -0.39 is 22.5 Å². The highest BCUT2D eigenvalue weighted by Gasteiger charge is 2.23. The largest absolute Gasteiger partial charge is 0.352 e. The second-order valence-electron chi connectivity index (χ2n) is 9.26. The van der Waals surface area contributed by atoms with Gasteiger partial charge in [-0.15, -0.1) is 0 Å². The number of carbonyl (C=O) groups excluding carboxylic acids is 2. The highest BCUT2D eigenvalue weighted by Crippen LogP contribution is 2.26. The molecule has 174 valence electrons. The zero-order valence-electron chi connectivity index (χ0n) is 19.6. The molecule has 2 rings (SSSR count). The standard InChI is InChI=1S/C24H33N3O4S/c1-17(2)15-25-23(29)20-9-7-8-10-21(20)26-22(28)16-27(32(6,30)31)19-13-11-18(12-14-19)24(3,4)5/h7-14,17H,15-16H2,1-6H3,(H,25,29)(H,26,28). The molecule has 0 bridgehead atoms. The third-order valence-corrected chi connectivity index (χ3v) is 5.97. The van der Waals surface area contributed by atoms with Crippen molar-refractivity contribution in [3.63, 3.8) is 0 Å². The molecule has 0 unspecified atom stereocenters. The van der Waals surface area contributed by atoms with Gasteiger partial charge in [-0.3, -0.25) is 13.9 Å². The number of hydrogen-bond donors (Lipinski definition) is 2. The van der Waals surface area contributed by atoms with Gasteiger partial charge in [0.05, 0.1) is 23.2 Å². The molecule has 0 aromatic heterocycles. The molecule has 32 heavy (non-hydrogen) atoms. The van der Waals surface area contributed by atoms with E-state index in [0.29, 0.717) is 23.5 Å². The fourth-order valence-electron chi connectivity index (χ4n) is 3.03. The number of sulfonamides is 1. The monoisotopic (exact) mass is 459 g/mol. The summed E-state index contributed by atoms with van der Waals surface area (Å²) in [6, 6.07) is 13.8. The van der Waals surface area contributed by atoms with Gasteiger partial charge in [0.2, 0.25) is 15.9 Å². The Labute approximate surface area is 191 Å². The third kappa shape index (κ3) is 7.09. The van der Waals surface area contributed by atoms with Crippen molar-refractivity contribution in [3.05, 3.63) is 59.7 Å². The number of rotatable bonds is 8. The van der Waals surface area contributed by atoms with Gasteiger partial charge in [0.15, 0.2) is 0 Å². The van der Waals surface area contributed by atoms with E-state index in [0.717, 1.165) is 16.1 Å².